The highest BCUT2D eigenvalue weighted by molar-refractivity contribution is 6.44. The lowest BCUT2D eigenvalue weighted by atomic mass is 9.71. The fraction of sp³-hybridized carbons (Fsp3) is 0.812. The molecule has 1 saturated heterocycles. The maximum absolute atomic E-state index is 11.8. The second-order valence-electron chi connectivity index (χ2n) is 7.47. The Hall–Kier alpha value is -1.03. The van der Waals surface area contributed by atoms with Gasteiger partial charge in [0.05, 0.1) is 17.6 Å². The van der Waals surface area contributed by atoms with E-state index in [4.69, 9.17) is 0 Å². The molecule has 20 heavy (non-hydrogen) atoms. The predicted octanol–water partition coefficient (Wildman–Crippen LogP) is 1.53. The Labute approximate surface area is 122 Å². The minimum atomic E-state index is -0.182. The van der Waals surface area contributed by atoms with Gasteiger partial charge in [0, 0.05) is 6.34 Å². The van der Waals surface area contributed by atoms with E-state index in [1.807, 2.05) is 0 Å². The Kier molecular flexibility index (Phi) is 4.14. The number of hydrogen-bond donors (Lipinski definition) is 1. The van der Waals surface area contributed by atoms with E-state index < -0.39 is 0 Å². The van der Waals surface area contributed by atoms with Gasteiger partial charge in [0.2, 0.25) is 0 Å². The molecule has 0 aromatic rings. The molecule has 0 aromatic carbocycles. The van der Waals surface area contributed by atoms with Crippen molar-refractivity contribution in [2.45, 2.75) is 71.4 Å². The van der Waals surface area contributed by atoms with Crippen LogP contribution in [0, 0.1) is 5.92 Å². The molecule has 2 heterocycles. The van der Waals surface area contributed by atoms with Gasteiger partial charge in [0.15, 0.2) is 0 Å². The zero-order valence-corrected chi connectivity index (χ0v) is 13.4. The Morgan fingerprint density at radius 3 is 2.30 bits per heavy atom. The first kappa shape index (κ1) is 15.4. The molecule has 1 N–H and O–H groups in total. The number of rotatable bonds is 4. The van der Waals surface area contributed by atoms with Crippen molar-refractivity contribution >= 4 is 18.0 Å². The van der Waals surface area contributed by atoms with Gasteiger partial charge in [0.1, 0.15) is 5.91 Å². The van der Waals surface area contributed by atoms with E-state index in [2.05, 4.69) is 50.9 Å². The van der Waals surface area contributed by atoms with Gasteiger partial charge in [-0.05, 0) is 58.6 Å². The van der Waals surface area contributed by atoms with Crippen LogP contribution in [-0.2, 0) is 4.79 Å². The largest absolute Gasteiger partial charge is 0.377 e. The van der Waals surface area contributed by atoms with Gasteiger partial charge in [-0.2, -0.15) is 0 Å². The van der Waals surface area contributed by atoms with Crippen LogP contribution in [0.3, 0.4) is 0 Å². The molecule has 0 aliphatic carbocycles. The highest BCUT2D eigenvalue weighted by Crippen LogP contribution is 2.31. The molecule has 2 aliphatic heterocycles. The average molecular weight is 277 g/mol. The fourth-order valence-corrected chi connectivity index (χ4v) is 4.19. The zero-order chi connectivity index (χ0) is 15.0. The topological polar surface area (TPSA) is 46.2 Å². The summed E-state index contributed by atoms with van der Waals surface area (Å²) < 4.78 is 0. The van der Waals surface area contributed by atoms with Gasteiger partial charge in [0.25, 0.3) is 0 Å². The molecule has 0 radical (unpaired) electrons. The molecule has 1 fully saturated rings. The van der Waals surface area contributed by atoms with Crippen molar-refractivity contribution in [3.63, 3.8) is 0 Å². The number of nitrogens with one attached hydrogen (secondary N) is 1. The normalized spacial score (nSPS) is 31.4. The highest BCUT2D eigenvalue weighted by atomic mass is 16.1. The predicted molar refractivity (Wildman–Crippen MR) is 81.5 cm³/mol. The Bertz CT molecular complexity index is 431. The van der Waals surface area contributed by atoms with Crippen LogP contribution in [0.25, 0.3) is 0 Å². The second-order valence-corrected chi connectivity index (χ2v) is 7.47. The number of piperidine rings is 1. The van der Waals surface area contributed by atoms with Crippen molar-refractivity contribution in [2.75, 3.05) is 6.54 Å². The summed E-state index contributed by atoms with van der Waals surface area (Å²) in [7, 11) is 0. The first-order valence-corrected chi connectivity index (χ1v) is 7.72. The average Bonchev–Trinajstić information content (AvgIpc) is 2.72. The maximum Gasteiger partial charge on any atom is 0.132 e. The number of aliphatic imine (C=N–C) groups is 2. The van der Waals surface area contributed by atoms with Crippen molar-refractivity contribution in [1.82, 2.24) is 0 Å². The molecule has 0 saturated carbocycles. The highest BCUT2D eigenvalue weighted by Gasteiger charge is 2.48. The lowest BCUT2D eigenvalue weighted by Crippen LogP contribution is -3.26. The van der Waals surface area contributed by atoms with E-state index in [1.54, 1.807) is 4.90 Å². The van der Waals surface area contributed by atoms with Gasteiger partial charge >= 0.3 is 0 Å². The molecule has 2 aliphatic rings. The molecule has 4 heteroatoms. The molecule has 0 aromatic heterocycles. The fourth-order valence-electron chi connectivity index (χ4n) is 4.19. The number of carbonyl (C=O) groups is 1. The zero-order valence-electron chi connectivity index (χ0n) is 13.4. The van der Waals surface area contributed by atoms with Crippen LogP contribution >= 0.6 is 0 Å². The minimum Gasteiger partial charge on any atom is -0.377 e. The first-order chi connectivity index (χ1) is 9.28. The molecule has 0 atom stereocenters. The standard InChI is InChI=1S/C16H26N3O/c1-6-7-8-19-15(2,3)9-12(10-16(19,4)5)13-14(20)18-11-17-13/h12H,6-10H2,1-5H3/q-1/p+1. The van der Waals surface area contributed by atoms with Gasteiger partial charge < -0.3 is 19.7 Å². The molecule has 0 bridgehead atoms. The van der Waals surface area contributed by atoms with Crippen LogP contribution in [0.2, 0.25) is 0 Å². The molecule has 0 spiro atoms. The van der Waals surface area contributed by atoms with Gasteiger partial charge in [-0.1, -0.05) is 13.3 Å². The van der Waals surface area contributed by atoms with E-state index >= 15 is 0 Å². The lowest BCUT2D eigenvalue weighted by molar-refractivity contribution is -1.000. The number of nitrogens with zero attached hydrogens (tertiary/aromatic N) is 2. The van der Waals surface area contributed by atoms with Crippen molar-refractivity contribution in [3.8, 4) is 0 Å². The number of unbranched alkanes of at least 4 members (excludes halogenated alkanes) is 1. The molecule has 4 nitrogen and oxygen atoms in total. The quantitative estimate of drug-likeness (QED) is 0.778. The van der Waals surface area contributed by atoms with Gasteiger partial charge in [-0.3, -0.25) is 0 Å². The first-order valence-electron chi connectivity index (χ1n) is 7.72. The minimum absolute atomic E-state index is 0.160. The number of quaternary nitrogens is 1. The van der Waals surface area contributed by atoms with Crippen LogP contribution in [0.1, 0.15) is 60.3 Å². The smallest absolute Gasteiger partial charge is 0.132 e. The summed E-state index contributed by atoms with van der Waals surface area (Å²) in [6.07, 6.45) is 6.95. The molecule has 1 amide bonds. The van der Waals surface area contributed by atoms with Crippen LogP contribution < -0.4 is 4.90 Å². The lowest BCUT2D eigenvalue weighted by Gasteiger charge is -2.53. The van der Waals surface area contributed by atoms with Crippen molar-refractivity contribution < 1.29 is 9.69 Å². The Morgan fingerprint density at radius 1 is 1.25 bits per heavy atom. The Balaban J connectivity index is 2.19. The van der Waals surface area contributed by atoms with E-state index in [1.165, 1.54) is 19.4 Å². The van der Waals surface area contributed by atoms with Crippen LogP contribution in [0.4, 0.5) is 0 Å². The van der Waals surface area contributed by atoms with E-state index in [0.717, 1.165) is 12.8 Å². The molecule has 2 rings (SSSR count). The number of hydrogen-bond acceptors (Lipinski definition) is 2. The van der Waals surface area contributed by atoms with Crippen LogP contribution in [0.15, 0.2) is 9.98 Å². The van der Waals surface area contributed by atoms with Crippen molar-refractivity contribution in [3.05, 3.63) is 0 Å². The summed E-state index contributed by atoms with van der Waals surface area (Å²) in [6, 6.07) is 0. The summed E-state index contributed by atoms with van der Waals surface area (Å²) in [6.45, 7) is 12.7. The van der Waals surface area contributed by atoms with Gasteiger partial charge in [-0.25, -0.2) is 0 Å². The van der Waals surface area contributed by atoms with Crippen molar-refractivity contribution in [2.24, 2.45) is 15.9 Å². The third-order valence-corrected chi connectivity index (χ3v) is 4.86. The third-order valence-electron chi connectivity index (χ3n) is 4.86. The Morgan fingerprint density at radius 2 is 1.85 bits per heavy atom. The van der Waals surface area contributed by atoms with Crippen LogP contribution in [0.5, 0.6) is 0 Å². The van der Waals surface area contributed by atoms with E-state index in [0.29, 0.717) is 5.71 Å². The summed E-state index contributed by atoms with van der Waals surface area (Å²) in [5.41, 5.74) is 0.945. The molecular formula is C16H27N3O. The third kappa shape index (κ3) is 2.85. The summed E-state index contributed by atoms with van der Waals surface area (Å²) in [5.74, 6) is 0.0373. The maximum atomic E-state index is 11.8. The SMILES string of the molecule is CCCC[NH+]1C(C)(C)CC(C2=N[C-]=NC2=O)CC1(C)C. The molecular weight excluding hydrogens is 250 g/mol. The number of likely N-dealkylation sites (tertiary alicyclic amines) is 1. The number of carbonyl (C=O) groups excluding carboxylic acids is 1. The number of amides is 1. The molecule has 0 unspecified atom stereocenters. The van der Waals surface area contributed by atoms with Crippen LogP contribution in [-0.4, -0.2) is 35.6 Å². The van der Waals surface area contributed by atoms with E-state index in [9.17, 15) is 4.79 Å². The molecule has 112 valence electrons. The summed E-state index contributed by atoms with van der Waals surface area (Å²) in [5, 5.41) is 0. The van der Waals surface area contributed by atoms with E-state index in [-0.39, 0.29) is 22.9 Å². The monoisotopic (exact) mass is 277 g/mol. The van der Waals surface area contributed by atoms with Crippen molar-refractivity contribution in [1.29, 1.82) is 0 Å². The summed E-state index contributed by atoms with van der Waals surface area (Å²) >= 11 is 0. The second kappa shape index (κ2) is 5.40. The van der Waals surface area contributed by atoms with Gasteiger partial charge in [-0.15, -0.1) is 0 Å². The summed E-state index contributed by atoms with van der Waals surface area (Å²) in [4.78, 5) is 21.2.